The van der Waals surface area contributed by atoms with Gasteiger partial charge in [0.25, 0.3) is 0 Å². The summed E-state index contributed by atoms with van der Waals surface area (Å²) in [6.07, 6.45) is 4.75. The maximum absolute atomic E-state index is 11.4. The molecule has 0 aromatic heterocycles. The zero-order valence-electron chi connectivity index (χ0n) is 9.98. The second kappa shape index (κ2) is 3.73. The SMILES string of the molecule is C[C@@]12CCC(c3ccccc3)=C[C@@H]1OC(=O)C2. The fraction of sp³-hybridized carbons (Fsp3) is 0.400. The zero-order valence-corrected chi connectivity index (χ0v) is 9.98. The number of fused-ring (bicyclic) bond motifs is 1. The average molecular weight is 228 g/mol. The van der Waals surface area contributed by atoms with E-state index in [1.807, 2.05) is 18.2 Å². The molecule has 0 unspecified atom stereocenters. The molecule has 0 spiro atoms. The van der Waals surface area contributed by atoms with Crippen LogP contribution < -0.4 is 0 Å². The van der Waals surface area contributed by atoms with Gasteiger partial charge in [0.2, 0.25) is 0 Å². The van der Waals surface area contributed by atoms with Gasteiger partial charge in [-0.25, -0.2) is 0 Å². The minimum atomic E-state index is -0.0527. The number of rotatable bonds is 1. The predicted molar refractivity (Wildman–Crippen MR) is 66.3 cm³/mol. The van der Waals surface area contributed by atoms with Crippen LogP contribution in [0.1, 0.15) is 31.7 Å². The lowest BCUT2D eigenvalue weighted by molar-refractivity contribution is -0.140. The van der Waals surface area contributed by atoms with Crippen LogP contribution in [0.5, 0.6) is 0 Å². The second-order valence-corrected chi connectivity index (χ2v) is 5.30. The molecule has 1 aliphatic carbocycles. The van der Waals surface area contributed by atoms with E-state index in [4.69, 9.17) is 4.74 Å². The fourth-order valence-corrected chi connectivity index (χ4v) is 2.80. The van der Waals surface area contributed by atoms with E-state index in [0.29, 0.717) is 6.42 Å². The number of carbonyl (C=O) groups excluding carboxylic acids is 1. The first-order chi connectivity index (χ1) is 8.17. The minimum Gasteiger partial charge on any atom is -0.457 e. The van der Waals surface area contributed by atoms with Gasteiger partial charge in [0.15, 0.2) is 0 Å². The first kappa shape index (κ1) is 10.6. The molecule has 1 aromatic rings. The molecule has 0 bridgehead atoms. The normalized spacial score (nSPS) is 31.7. The Morgan fingerprint density at radius 1 is 1.29 bits per heavy atom. The lowest BCUT2D eigenvalue weighted by atomic mass is 9.73. The van der Waals surface area contributed by atoms with Crippen LogP contribution in [0.15, 0.2) is 36.4 Å². The molecule has 88 valence electrons. The Hall–Kier alpha value is -1.57. The van der Waals surface area contributed by atoms with Gasteiger partial charge in [0.1, 0.15) is 6.10 Å². The maximum atomic E-state index is 11.4. The van der Waals surface area contributed by atoms with Crippen molar-refractivity contribution in [1.29, 1.82) is 0 Å². The summed E-state index contributed by atoms with van der Waals surface area (Å²) in [4.78, 5) is 11.4. The van der Waals surface area contributed by atoms with Gasteiger partial charge in [0, 0.05) is 5.41 Å². The van der Waals surface area contributed by atoms with Gasteiger partial charge in [0.05, 0.1) is 6.42 Å². The van der Waals surface area contributed by atoms with Crippen molar-refractivity contribution in [2.75, 3.05) is 0 Å². The van der Waals surface area contributed by atoms with Crippen LogP contribution in [0.4, 0.5) is 0 Å². The summed E-state index contributed by atoms with van der Waals surface area (Å²) in [5.74, 6) is -0.0527. The molecule has 2 aliphatic rings. The molecule has 1 saturated heterocycles. The highest BCUT2D eigenvalue weighted by Gasteiger charge is 2.46. The standard InChI is InChI=1S/C15H16O2/c1-15-8-7-12(11-5-3-2-4-6-11)9-13(15)17-14(16)10-15/h2-6,9,13H,7-8,10H2,1H3/t13-,15-/m0/s1. The lowest BCUT2D eigenvalue weighted by Gasteiger charge is -2.32. The fourth-order valence-electron chi connectivity index (χ4n) is 2.80. The van der Waals surface area contributed by atoms with Crippen molar-refractivity contribution < 1.29 is 9.53 Å². The molecular formula is C15H16O2. The largest absolute Gasteiger partial charge is 0.457 e. The van der Waals surface area contributed by atoms with Crippen molar-refractivity contribution in [3.8, 4) is 0 Å². The van der Waals surface area contributed by atoms with Gasteiger partial charge in [-0.1, -0.05) is 37.3 Å². The number of esters is 1. The van der Waals surface area contributed by atoms with Gasteiger partial charge >= 0.3 is 5.97 Å². The summed E-state index contributed by atoms with van der Waals surface area (Å²) in [7, 11) is 0. The zero-order chi connectivity index (χ0) is 11.9. The predicted octanol–water partition coefficient (Wildman–Crippen LogP) is 3.19. The third-order valence-electron chi connectivity index (χ3n) is 3.96. The topological polar surface area (TPSA) is 26.3 Å². The van der Waals surface area contributed by atoms with E-state index in [-0.39, 0.29) is 17.5 Å². The molecule has 2 atom stereocenters. The molecule has 1 heterocycles. The summed E-state index contributed by atoms with van der Waals surface area (Å²) in [5.41, 5.74) is 2.58. The first-order valence-corrected chi connectivity index (χ1v) is 6.13. The van der Waals surface area contributed by atoms with E-state index < -0.39 is 0 Å². The number of carbonyl (C=O) groups is 1. The molecule has 0 amide bonds. The number of benzene rings is 1. The third kappa shape index (κ3) is 1.78. The van der Waals surface area contributed by atoms with Gasteiger partial charge in [-0.3, -0.25) is 4.79 Å². The summed E-state index contributed by atoms with van der Waals surface area (Å²) in [6.45, 7) is 2.15. The molecule has 3 rings (SSSR count). The summed E-state index contributed by atoms with van der Waals surface area (Å²) in [5, 5.41) is 0. The molecule has 1 aromatic carbocycles. The monoisotopic (exact) mass is 228 g/mol. The van der Waals surface area contributed by atoms with Crippen molar-refractivity contribution >= 4 is 11.5 Å². The van der Waals surface area contributed by atoms with Gasteiger partial charge < -0.3 is 4.74 Å². The molecule has 0 radical (unpaired) electrons. The molecule has 0 saturated carbocycles. The molecule has 0 N–H and O–H groups in total. The third-order valence-corrected chi connectivity index (χ3v) is 3.96. The van der Waals surface area contributed by atoms with E-state index in [1.165, 1.54) is 11.1 Å². The van der Waals surface area contributed by atoms with E-state index in [9.17, 15) is 4.79 Å². The highest BCUT2D eigenvalue weighted by molar-refractivity contribution is 5.76. The van der Waals surface area contributed by atoms with Crippen LogP contribution in [0, 0.1) is 5.41 Å². The summed E-state index contributed by atoms with van der Waals surface area (Å²) < 4.78 is 5.40. The second-order valence-electron chi connectivity index (χ2n) is 5.30. The highest BCUT2D eigenvalue weighted by Crippen LogP contribution is 2.46. The summed E-state index contributed by atoms with van der Waals surface area (Å²) >= 11 is 0. The van der Waals surface area contributed by atoms with Crippen molar-refractivity contribution in [3.05, 3.63) is 42.0 Å². The van der Waals surface area contributed by atoms with Crippen molar-refractivity contribution in [2.24, 2.45) is 5.41 Å². The Bertz CT molecular complexity index is 475. The van der Waals surface area contributed by atoms with Gasteiger partial charge in [-0.05, 0) is 30.1 Å². The highest BCUT2D eigenvalue weighted by atomic mass is 16.6. The van der Waals surface area contributed by atoms with E-state index in [1.54, 1.807) is 0 Å². The van der Waals surface area contributed by atoms with Crippen LogP contribution in [0.25, 0.3) is 5.57 Å². The van der Waals surface area contributed by atoms with Crippen molar-refractivity contribution in [3.63, 3.8) is 0 Å². The molecule has 1 fully saturated rings. The van der Waals surface area contributed by atoms with Crippen LogP contribution in [0.3, 0.4) is 0 Å². The molecule has 17 heavy (non-hydrogen) atoms. The number of ether oxygens (including phenoxy) is 1. The Balaban J connectivity index is 1.93. The maximum Gasteiger partial charge on any atom is 0.307 e. The number of hydrogen-bond acceptors (Lipinski definition) is 2. The molecule has 2 nitrogen and oxygen atoms in total. The van der Waals surface area contributed by atoms with Crippen LogP contribution in [-0.2, 0) is 9.53 Å². The van der Waals surface area contributed by atoms with E-state index in [0.717, 1.165) is 12.8 Å². The number of hydrogen-bond donors (Lipinski definition) is 0. The first-order valence-electron chi connectivity index (χ1n) is 6.13. The Morgan fingerprint density at radius 3 is 2.82 bits per heavy atom. The summed E-state index contributed by atoms with van der Waals surface area (Å²) in [6, 6.07) is 10.3. The Kier molecular flexibility index (Phi) is 2.32. The van der Waals surface area contributed by atoms with Gasteiger partial charge in [-0.15, -0.1) is 0 Å². The molecule has 2 heteroatoms. The smallest absolute Gasteiger partial charge is 0.307 e. The molecular weight excluding hydrogens is 212 g/mol. The van der Waals surface area contributed by atoms with Crippen molar-refractivity contribution in [2.45, 2.75) is 32.3 Å². The molecule has 1 aliphatic heterocycles. The lowest BCUT2D eigenvalue weighted by Crippen LogP contribution is -2.29. The van der Waals surface area contributed by atoms with Crippen LogP contribution >= 0.6 is 0 Å². The van der Waals surface area contributed by atoms with E-state index >= 15 is 0 Å². The van der Waals surface area contributed by atoms with Crippen molar-refractivity contribution in [1.82, 2.24) is 0 Å². The quantitative estimate of drug-likeness (QED) is 0.690. The minimum absolute atomic E-state index is 0.0232. The van der Waals surface area contributed by atoms with Gasteiger partial charge in [-0.2, -0.15) is 0 Å². The Labute approximate surface area is 101 Å². The van der Waals surface area contributed by atoms with Crippen LogP contribution in [-0.4, -0.2) is 12.1 Å². The van der Waals surface area contributed by atoms with E-state index in [2.05, 4.69) is 25.1 Å². The average Bonchev–Trinajstić information content (AvgIpc) is 2.63. The van der Waals surface area contributed by atoms with Crippen LogP contribution in [0.2, 0.25) is 0 Å². The number of allylic oxidation sites excluding steroid dienone is 1. The Morgan fingerprint density at radius 2 is 2.06 bits per heavy atom.